The number of ether oxygens (including phenoxy) is 1. The third-order valence-electron chi connectivity index (χ3n) is 11.3. The van der Waals surface area contributed by atoms with Crippen LogP contribution in [-0.2, 0) is 26.5 Å². The minimum absolute atomic E-state index is 0. The van der Waals surface area contributed by atoms with E-state index >= 15 is 0 Å². The van der Waals surface area contributed by atoms with Gasteiger partial charge >= 0.3 is 21.1 Å². The van der Waals surface area contributed by atoms with Gasteiger partial charge in [-0.2, -0.15) is 6.07 Å². The molecule has 0 N–H and O–H groups in total. The maximum Gasteiger partial charge on any atom is 2.00 e. The first kappa shape index (κ1) is 33.5. The van der Waals surface area contributed by atoms with Gasteiger partial charge < -0.3 is 13.7 Å². The fraction of sp³-hybridized carbons (Fsp3) is 0.0200. The fourth-order valence-electron chi connectivity index (χ4n) is 9.04. The molecule has 0 unspecified atom stereocenters. The Kier molecular flexibility index (Phi) is 7.54. The number of nitrogens with zero attached hydrogens (tertiary/aromatic N) is 5. The van der Waals surface area contributed by atoms with Crippen LogP contribution >= 0.6 is 0 Å². The van der Waals surface area contributed by atoms with Crippen LogP contribution in [0.1, 0.15) is 22.3 Å². The number of aromatic nitrogens is 5. The minimum atomic E-state index is -0.636. The number of hydrogen-bond acceptors (Lipinski definition) is 4. The minimum Gasteiger partial charge on any atom is -0.503 e. The van der Waals surface area contributed by atoms with Gasteiger partial charge in [-0.05, 0) is 41.0 Å². The third kappa shape index (κ3) is 4.78. The van der Waals surface area contributed by atoms with Gasteiger partial charge in [-0.15, -0.1) is 23.8 Å². The molecule has 6 aromatic carbocycles. The van der Waals surface area contributed by atoms with E-state index < -0.39 is 5.41 Å². The molecule has 12 rings (SSSR count). The molecule has 6 nitrogen and oxygen atoms in total. The molecule has 0 radical (unpaired) electrons. The van der Waals surface area contributed by atoms with Crippen molar-refractivity contribution in [3.63, 3.8) is 0 Å². The maximum absolute atomic E-state index is 6.75. The molecule has 0 spiro atoms. The number of para-hydroxylation sites is 1. The summed E-state index contributed by atoms with van der Waals surface area (Å²) in [5.41, 5.74) is 11.5. The first-order valence-electron chi connectivity index (χ1n) is 18.7. The van der Waals surface area contributed by atoms with E-state index in [1.54, 1.807) is 0 Å². The Morgan fingerprint density at radius 2 is 1.23 bits per heavy atom. The number of rotatable bonds is 5. The zero-order chi connectivity index (χ0) is 36.8. The van der Waals surface area contributed by atoms with E-state index in [0.29, 0.717) is 11.5 Å². The molecule has 11 aromatic rings. The first-order chi connectivity index (χ1) is 27.8. The van der Waals surface area contributed by atoms with Crippen LogP contribution in [0.5, 0.6) is 11.5 Å². The van der Waals surface area contributed by atoms with Crippen molar-refractivity contribution >= 4 is 49.4 Å². The van der Waals surface area contributed by atoms with E-state index in [2.05, 4.69) is 143 Å². The fourth-order valence-corrected chi connectivity index (χ4v) is 9.04. The van der Waals surface area contributed by atoms with Crippen molar-refractivity contribution in [3.05, 3.63) is 211 Å². The van der Waals surface area contributed by atoms with Crippen LogP contribution in [0.4, 0.5) is 0 Å². The maximum atomic E-state index is 6.75. The largest absolute Gasteiger partial charge is 2.00 e. The van der Waals surface area contributed by atoms with E-state index in [4.69, 9.17) is 19.7 Å². The summed E-state index contributed by atoms with van der Waals surface area (Å²) in [6, 6.07) is 62.3. The Bertz CT molecular complexity index is 3300. The molecule has 1 aliphatic heterocycles. The predicted octanol–water partition coefficient (Wildman–Crippen LogP) is 11.3. The van der Waals surface area contributed by atoms with E-state index in [-0.39, 0.29) is 21.1 Å². The topological polar surface area (TPSA) is 57.2 Å². The number of hydrogen-bond donors (Lipinski definition) is 0. The van der Waals surface area contributed by atoms with E-state index in [1.807, 2.05) is 54.9 Å². The number of imidazole rings is 1. The molecule has 0 saturated heterocycles. The predicted molar refractivity (Wildman–Crippen MR) is 222 cm³/mol. The molecule has 5 aromatic heterocycles. The van der Waals surface area contributed by atoms with Gasteiger partial charge in [0, 0.05) is 51.8 Å². The second kappa shape index (κ2) is 12.8. The standard InChI is InChI=1S/C50H29N5O.Pt/c1-4-13-32(14-5-1)43-31-54-44-22-12-27-51-46(44)37-25-23-35(29-40(37)49(54)53-43)56-36-24-26-41-45(30-36)55-47-38(39-20-11-28-52-48(39)55)19-10-21-42(47)50(41,33-15-6-2-7-16-33)34-17-8-3-9-18-34;/h1-28,31H;/q-2;+2. The summed E-state index contributed by atoms with van der Waals surface area (Å²) < 4.78 is 11.1. The van der Waals surface area contributed by atoms with Crippen molar-refractivity contribution in [2.75, 3.05) is 0 Å². The Morgan fingerprint density at radius 3 is 2.02 bits per heavy atom. The number of pyridine rings is 3. The second-order valence-electron chi connectivity index (χ2n) is 14.2. The molecular formula is C50H29N5OPt. The molecule has 57 heavy (non-hydrogen) atoms. The SMILES string of the molecule is [Pt+2].[c-]1c(Oc2[c-]c3c(cc2)c2ncccc2n2cc(-c4ccccc4)nc32)ccc2c1-n1c3ncccc3c3cccc(c31)C2(c1ccccc1)c1ccccc1. The van der Waals surface area contributed by atoms with Gasteiger partial charge in [-0.25, -0.2) is 4.98 Å². The van der Waals surface area contributed by atoms with Gasteiger partial charge in [0.2, 0.25) is 0 Å². The molecule has 1 aliphatic rings. The van der Waals surface area contributed by atoms with Crippen molar-refractivity contribution in [1.29, 1.82) is 0 Å². The molecule has 6 heterocycles. The summed E-state index contributed by atoms with van der Waals surface area (Å²) >= 11 is 0. The molecule has 0 amide bonds. The summed E-state index contributed by atoms with van der Waals surface area (Å²) in [7, 11) is 0. The normalized spacial score (nSPS) is 12.9. The smallest absolute Gasteiger partial charge is 0.503 e. The van der Waals surface area contributed by atoms with Gasteiger partial charge in [-0.3, -0.25) is 9.97 Å². The summed E-state index contributed by atoms with van der Waals surface area (Å²) in [6.45, 7) is 0. The quantitative estimate of drug-likeness (QED) is 0.128. The van der Waals surface area contributed by atoms with Crippen LogP contribution in [-0.4, -0.2) is 23.9 Å². The van der Waals surface area contributed by atoms with Gasteiger partial charge in [0.05, 0.1) is 27.9 Å². The molecule has 7 heteroatoms. The molecule has 0 atom stereocenters. The Morgan fingerprint density at radius 1 is 0.544 bits per heavy atom. The van der Waals surface area contributed by atoms with Crippen LogP contribution in [0.25, 0.3) is 66.3 Å². The molecule has 0 fully saturated rings. The van der Waals surface area contributed by atoms with Crippen molar-refractivity contribution in [1.82, 2.24) is 23.9 Å². The van der Waals surface area contributed by atoms with Crippen LogP contribution in [0.15, 0.2) is 176 Å². The van der Waals surface area contributed by atoms with Crippen molar-refractivity contribution in [2.24, 2.45) is 0 Å². The summed E-state index contributed by atoms with van der Waals surface area (Å²) in [5.74, 6) is 1.13. The van der Waals surface area contributed by atoms with Gasteiger partial charge in [0.25, 0.3) is 0 Å². The zero-order valence-electron chi connectivity index (χ0n) is 30.2. The molecule has 0 aliphatic carbocycles. The third-order valence-corrected chi connectivity index (χ3v) is 11.3. The Balaban J connectivity index is 0.00000374. The molecule has 0 saturated carbocycles. The zero-order valence-corrected chi connectivity index (χ0v) is 32.5. The van der Waals surface area contributed by atoms with Crippen LogP contribution in [0.2, 0.25) is 0 Å². The Labute approximate surface area is 342 Å². The average Bonchev–Trinajstić information content (AvgIpc) is 3.87. The number of fused-ring (bicyclic) bond motifs is 11. The molecule has 0 bridgehead atoms. The second-order valence-corrected chi connectivity index (χ2v) is 14.2. The first-order valence-corrected chi connectivity index (χ1v) is 18.7. The monoisotopic (exact) mass is 910 g/mol. The summed E-state index contributed by atoms with van der Waals surface area (Å²) in [6.07, 6.45) is 5.77. The molecular weight excluding hydrogens is 882 g/mol. The van der Waals surface area contributed by atoms with E-state index in [0.717, 1.165) is 71.9 Å². The number of benzene rings is 6. The van der Waals surface area contributed by atoms with Gasteiger partial charge in [0.1, 0.15) is 5.65 Å². The van der Waals surface area contributed by atoms with Gasteiger partial charge in [0.15, 0.2) is 0 Å². The van der Waals surface area contributed by atoms with Crippen molar-refractivity contribution in [3.8, 4) is 28.4 Å². The van der Waals surface area contributed by atoms with Crippen LogP contribution in [0, 0.1) is 12.1 Å². The van der Waals surface area contributed by atoms with E-state index in [9.17, 15) is 0 Å². The van der Waals surface area contributed by atoms with Crippen molar-refractivity contribution < 1.29 is 25.8 Å². The Hall–Kier alpha value is -6.88. The average molecular weight is 911 g/mol. The van der Waals surface area contributed by atoms with Crippen LogP contribution in [0.3, 0.4) is 0 Å². The molecule has 270 valence electrons. The van der Waals surface area contributed by atoms with Gasteiger partial charge in [-0.1, -0.05) is 138 Å². The summed E-state index contributed by atoms with van der Waals surface area (Å²) in [4.78, 5) is 14.9. The van der Waals surface area contributed by atoms with E-state index in [1.165, 1.54) is 16.7 Å². The van der Waals surface area contributed by atoms with Crippen LogP contribution < -0.4 is 4.74 Å². The van der Waals surface area contributed by atoms with Crippen molar-refractivity contribution in [2.45, 2.75) is 5.41 Å². The summed E-state index contributed by atoms with van der Waals surface area (Å²) in [5, 5.41) is 4.03.